The summed E-state index contributed by atoms with van der Waals surface area (Å²) < 4.78 is 18.8. The Morgan fingerprint density at radius 3 is 2.52 bits per heavy atom. The van der Waals surface area contributed by atoms with E-state index in [-0.39, 0.29) is 11.3 Å². The van der Waals surface area contributed by atoms with E-state index >= 15 is 0 Å². The molecule has 2 heterocycles. The van der Waals surface area contributed by atoms with Crippen LogP contribution in [0.15, 0.2) is 12.3 Å². The molecule has 3 rings (SSSR count). The summed E-state index contributed by atoms with van der Waals surface area (Å²) in [5, 5.41) is 0.918. The van der Waals surface area contributed by atoms with E-state index in [2.05, 4.69) is 9.97 Å². The Morgan fingerprint density at radius 1 is 1.26 bits per heavy atom. The van der Waals surface area contributed by atoms with Gasteiger partial charge in [-0.15, -0.1) is 0 Å². The highest BCUT2D eigenvalue weighted by molar-refractivity contribution is 6.28. The Balaban J connectivity index is 2.28. The first-order valence-corrected chi connectivity index (χ1v) is 9.81. The minimum absolute atomic E-state index is 0.133. The number of rotatable bonds is 7. The Morgan fingerprint density at radius 2 is 1.93 bits per heavy atom. The molecule has 1 aliphatic carbocycles. The second-order valence-corrected chi connectivity index (χ2v) is 6.99. The minimum Gasteiger partial charge on any atom is -0.467 e. The topological polar surface area (TPSA) is 75.5 Å². The number of methoxy groups -OCH3 is 1. The van der Waals surface area contributed by atoms with Crippen molar-refractivity contribution in [2.75, 3.05) is 20.3 Å². The van der Waals surface area contributed by atoms with Crippen LogP contribution < -0.4 is 0 Å². The maximum Gasteiger partial charge on any atom is 0.332 e. The van der Waals surface area contributed by atoms with Crippen molar-refractivity contribution in [2.24, 2.45) is 0 Å². The summed E-state index contributed by atoms with van der Waals surface area (Å²) in [5.74, 6) is -0.276. The van der Waals surface area contributed by atoms with Gasteiger partial charge in [0.2, 0.25) is 5.28 Å². The van der Waals surface area contributed by atoms with Crippen LogP contribution in [0.4, 0.5) is 0 Å². The molecule has 1 saturated carbocycles. The molecule has 0 N–H and O–H groups in total. The van der Waals surface area contributed by atoms with Crippen molar-refractivity contribution in [2.45, 2.75) is 57.8 Å². The highest BCUT2D eigenvalue weighted by Crippen LogP contribution is 2.42. The van der Waals surface area contributed by atoms with E-state index in [1.54, 1.807) is 6.20 Å². The predicted molar refractivity (Wildman–Crippen MR) is 102 cm³/mol. The number of esters is 1. The number of hydrogen-bond donors (Lipinski definition) is 0. The van der Waals surface area contributed by atoms with Gasteiger partial charge in [-0.05, 0) is 44.4 Å². The lowest BCUT2D eigenvalue weighted by molar-refractivity contribution is -0.158. The lowest BCUT2D eigenvalue weighted by Gasteiger charge is -2.38. The molecule has 0 unspecified atom stereocenters. The molecule has 1 aliphatic rings. The quantitative estimate of drug-likeness (QED) is 0.401. The van der Waals surface area contributed by atoms with Crippen molar-refractivity contribution in [3.05, 3.63) is 23.2 Å². The van der Waals surface area contributed by atoms with Crippen molar-refractivity contribution < 1.29 is 19.0 Å². The molecule has 0 saturated heterocycles. The molecular weight excluding hydrogens is 370 g/mol. The fraction of sp³-hybridized carbons (Fsp3) is 0.632. The molecule has 2 aromatic rings. The molecule has 148 valence electrons. The molecule has 1 fully saturated rings. The first kappa shape index (κ1) is 20.0. The normalized spacial score (nSPS) is 16.8. The second-order valence-electron chi connectivity index (χ2n) is 6.65. The van der Waals surface area contributed by atoms with Gasteiger partial charge in [0, 0.05) is 24.8 Å². The third-order valence-corrected chi connectivity index (χ3v) is 5.27. The van der Waals surface area contributed by atoms with Crippen LogP contribution in [-0.4, -0.2) is 40.8 Å². The lowest BCUT2D eigenvalue weighted by atomic mass is 9.81. The van der Waals surface area contributed by atoms with Crippen molar-refractivity contribution in [1.82, 2.24) is 14.5 Å². The van der Waals surface area contributed by atoms with Crippen LogP contribution in [0.1, 0.15) is 57.9 Å². The Hall–Kier alpha value is -1.70. The van der Waals surface area contributed by atoms with Gasteiger partial charge in [-0.1, -0.05) is 19.3 Å². The van der Waals surface area contributed by atoms with Crippen LogP contribution in [0.25, 0.3) is 11.0 Å². The number of aromatic nitrogens is 3. The van der Waals surface area contributed by atoms with Crippen LogP contribution >= 0.6 is 11.6 Å². The van der Waals surface area contributed by atoms with Gasteiger partial charge in [0.15, 0.2) is 6.29 Å². The molecule has 0 aromatic carbocycles. The molecule has 0 radical (unpaired) electrons. The summed E-state index contributed by atoms with van der Waals surface area (Å²) in [6.45, 7) is 4.77. The van der Waals surface area contributed by atoms with Gasteiger partial charge in [-0.2, -0.15) is 4.98 Å². The highest BCUT2D eigenvalue weighted by atomic mass is 35.5. The largest absolute Gasteiger partial charge is 0.467 e. The number of carbonyl (C=O) groups is 1. The number of ether oxygens (including phenoxy) is 3. The third kappa shape index (κ3) is 3.68. The van der Waals surface area contributed by atoms with Crippen LogP contribution in [-0.2, 0) is 24.5 Å². The fourth-order valence-corrected chi connectivity index (χ4v) is 4.11. The zero-order valence-electron chi connectivity index (χ0n) is 16.0. The molecule has 0 spiro atoms. The average Bonchev–Trinajstić information content (AvgIpc) is 3.06. The van der Waals surface area contributed by atoms with E-state index in [1.807, 2.05) is 24.5 Å². The van der Waals surface area contributed by atoms with Gasteiger partial charge in [0.25, 0.3) is 0 Å². The maximum atomic E-state index is 13.0. The van der Waals surface area contributed by atoms with Crippen LogP contribution in [0.2, 0.25) is 5.28 Å². The number of carbonyl (C=O) groups excluding carboxylic acids is 1. The van der Waals surface area contributed by atoms with E-state index in [1.165, 1.54) is 7.11 Å². The summed E-state index contributed by atoms with van der Waals surface area (Å²) in [5.41, 5.74) is 0.480. The molecular formula is C19H26ClN3O4. The smallest absolute Gasteiger partial charge is 0.332 e. The molecule has 2 aromatic heterocycles. The monoisotopic (exact) mass is 395 g/mol. The first-order chi connectivity index (χ1) is 13.1. The van der Waals surface area contributed by atoms with Crippen molar-refractivity contribution in [3.8, 4) is 0 Å². The van der Waals surface area contributed by atoms with E-state index in [0.717, 1.165) is 30.3 Å². The number of halogens is 1. The van der Waals surface area contributed by atoms with Gasteiger partial charge in [0.1, 0.15) is 11.2 Å². The van der Waals surface area contributed by atoms with Crippen molar-refractivity contribution in [1.29, 1.82) is 0 Å². The molecule has 0 aliphatic heterocycles. The van der Waals surface area contributed by atoms with Crippen molar-refractivity contribution >= 4 is 28.6 Å². The van der Waals surface area contributed by atoms with E-state index in [4.69, 9.17) is 25.8 Å². The molecule has 0 atom stereocenters. The Labute approximate surface area is 164 Å². The average molecular weight is 396 g/mol. The molecule has 7 nitrogen and oxygen atoms in total. The zero-order chi connectivity index (χ0) is 19.4. The zero-order valence-corrected chi connectivity index (χ0v) is 16.8. The number of nitrogens with zero attached hydrogens (tertiary/aromatic N) is 3. The Kier molecular flexibility index (Phi) is 6.34. The predicted octanol–water partition coefficient (Wildman–Crippen LogP) is 3.99. The second kappa shape index (κ2) is 8.54. The van der Waals surface area contributed by atoms with Crippen LogP contribution in [0.3, 0.4) is 0 Å². The molecule has 0 amide bonds. The fourth-order valence-electron chi connectivity index (χ4n) is 3.98. The first-order valence-electron chi connectivity index (χ1n) is 9.43. The van der Waals surface area contributed by atoms with Gasteiger partial charge < -0.3 is 18.8 Å². The summed E-state index contributed by atoms with van der Waals surface area (Å²) in [4.78, 5) is 21.5. The van der Waals surface area contributed by atoms with Crippen LogP contribution in [0.5, 0.6) is 0 Å². The lowest BCUT2D eigenvalue weighted by Crippen LogP contribution is -2.45. The van der Waals surface area contributed by atoms with Gasteiger partial charge in [-0.25, -0.2) is 9.78 Å². The SMILES string of the molecule is CCOC(OCC)c1cc2cnc(Cl)nc2n1C1(C(=O)OC)CCCCC1. The third-order valence-electron chi connectivity index (χ3n) is 5.09. The molecule has 27 heavy (non-hydrogen) atoms. The maximum absolute atomic E-state index is 13.0. The molecule has 8 heteroatoms. The highest BCUT2D eigenvalue weighted by Gasteiger charge is 2.45. The van der Waals surface area contributed by atoms with E-state index in [9.17, 15) is 4.79 Å². The van der Waals surface area contributed by atoms with Crippen LogP contribution in [0, 0.1) is 0 Å². The Bertz CT molecular complexity index is 796. The van der Waals surface area contributed by atoms with Crippen molar-refractivity contribution in [3.63, 3.8) is 0 Å². The van der Waals surface area contributed by atoms with Gasteiger partial charge in [-0.3, -0.25) is 0 Å². The number of fused-ring (bicyclic) bond motifs is 1. The van der Waals surface area contributed by atoms with Gasteiger partial charge >= 0.3 is 5.97 Å². The van der Waals surface area contributed by atoms with E-state index in [0.29, 0.717) is 31.7 Å². The molecule has 0 bridgehead atoms. The standard InChI is InChI=1S/C19H26ClN3O4/c1-4-26-16(27-5-2)14-11-13-12-21-18(20)22-15(13)23(14)19(17(24)25-3)9-7-6-8-10-19/h11-12,16H,4-10H2,1-3H3. The minimum atomic E-state index is -0.853. The van der Waals surface area contributed by atoms with E-state index < -0.39 is 11.8 Å². The summed E-state index contributed by atoms with van der Waals surface area (Å²) >= 11 is 6.09. The number of hydrogen-bond acceptors (Lipinski definition) is 6. The summed E-state index contributed by atoms with van der Waals surface area (Å²) in [6, 6.07) is 1.92. The van der Waals surface area contributed by atoms with Gasteiger partial charge in [0.05, 0.1) is 12.8 Å². The summed E-state index contributed by atoms with van der Waals surface area (Å²) in [7, 11) is 1.43. The summed E-state index contributed by atoms with van der Waals surface area (Å²) in [6.07, 6.45) is 5.33.